The Bertz CT molecular complexity index is 636. The van der Waals surface area contributed by atoms with Gasteiger partial charge in [-0.2, -0.15) is 0 Å². The molecule has 26 heavy (non-hydrogen) atoms. The number of carbonyl (C=O) groups excluding carboxylic acids is 1. The lowest BCUT2D eigenvalue weighted by Crippen LogP contribution is -2.55. The van der Waals surface area contributed by atoms with Gasteiger partial charge in [-0.05, 0) is 124 Å². The van der Waals surface area contributed by atoms with E-state index in [2.05, 4.69) is 13.0 Å². The van der Waals surface area contributed by atoms with Crippen LogP contribution in [0.1, 0.15) is 84.5 Å². The predicted molar refractivity (Wildman–Crippen MR) is 104 cm³/mol. The van der Waals surface area contributed by atoms with Gasteiger partial charge < -0.3 is 5.11 Å². The first kappa shape index (κ1) is 17.5. The average molecular weight is 357 g/mol. The molecule has 0 heterocycles. The summed E-state index contributed by atoms with van der Waals surface area (Å²) in [6.07, 6.45) is 16.1. The van der Waals surface area contributed by atoms with Gasteiger partial charge in [-0.3, -0.25) is 4.79 Å². The van der Waals surface area contributed by atoms with Crippen LogP contribution in [0.2, 0.25) is 0 Å². The zero-order valence-electron chi connectivity index (χ0n) is 16.7. The van der Waals surface area contributed by atoms with E-state index in [1.807, 2.05) is 0 Å². The van der Waals surface area contributed by atoms with E-state index < -0.39 is 0 Å². The molecule has 4 saturated carbocycles. The van der Waals surface area contributed by atoms with Gasteiger partial charge in [0.2, 0.25) is 0 Å². The van der Waals surface area contributed by atoms with Gasteiger partial charge in [0.1, 0.15) is 0 Å². The van der Waals surface area contributed by atoms with Crippen LogP contribution in [0.4, 0.5) is 0 Å². The fourth-order valence-corrected chi connectivity index (χ4v) is 9.02. The second kappa shape index (κ2) is 5.93. The summed E-state index contributed by atoms with van der Waals surface area (Å²) in [7, 11) is 0. The second-order valence-corrected chi connectivity index (χ2v) is 10.7. The Hall–Kier alpha value is -0.630. The average Bonchev–Trinajstić information content (AvgIpc) is 3.02. The van der Waals surface area contributed by atoms with Gasteiger partial charge in [-0.25, -0.2) is 0 Å². The number of ketones is 1. The van der Waals surface area contributed by atoms with Crippen LogP contribution in [0.15, 0.2) is 11.6 Å². The zero-order valence-corrected chi connectivity index (χ0v) is 16.7. The number of carbonyl (C=O) groups is 1. The van der Waals surface area contributed by atoms with Crippen LogP contribution < -0.4 is 0 Å². The third-order valence-electron chi connectivity index (χ3n) is 10.1. The first-order chi connectivity index (χ1) is 12.5. The molecular formula is C24H36O2. The van der Waals surface area contributed by atoms with E-state index in [1.165, 1.54) is 56.9 Å². The van der Waals surface area contributed by atoms with Gasteiger partial charge in [0.15, 0.2) is 5.78 Å². The highest BCUT2D eigenvalue weighted by molar-refractivity contribution is 5.94. The highest BCUT2D eigenvalue weighted by atomic mass is 16.3. The number of allylic oxidation sites excluding steroid dienone is 2. The largest absolute Gasteiger partial charge is 0.393 e. The van der Waals surface area contributed by atoms with E-state index in [0.29, 0.717) is 22.5 Å². The van der Waals surface area contributed by atoms with Crippen molar-refractivity contribution in [3.05, 3.63) is 11.6 Å². The second-order valence-electron chi connectivity index (χ2n) is 10.7. The lowest BCUT2D eigenvalue weighted by molar-refractivity contribution is -0.132. The molecule has 2 heteroatoms. The summed E-state index contributed by atoms with van der Waals surface area (Å²) in [5.41, 5.74) is 2.11. The van der Waals surface area contributed by atoms with Crippen LogP contribution in [0.5, 0.6) is 0 Å². The summed E-state index contributed by atoms with van der Waals surface area (Å²) >= 11 is 0. The number of hydrogen-bond acceptors (Lipinski definition) is 2. The first-order valence-electron chi connectivity index (χ1n) is 11.3. The number of aliphatic hydroxyl groups is 1. The molecule has 5 rings (SSSR count). The normalized spacial score (nSPS) is 53.0. The number of rotatable bonds is 1. The van der Waals surface area contributed by atoms with E-state index in [9.17, 15) is 9.90 Å². The van der Waals surface area contributed by atoms with Gasteiger partial charge in [0.25, 0.3) is 0 Å². The molecule has 8 atom stereocenters. The molecule has 5 aliphatic carbocycles. The summed E-state index contributed by atoms with van der Waals surface area (Å²) in [4.78, 5) is 12.3. The van der Waals surface area contributed by atoms with E-state index in [1.54, 1.807) is 6.92 Å². The van der Waals surface area contributed by atoms with Crippen LogP contribution in [-0.2, 0) is 4.79 Å². The van der Waals surface area contributed by atoms with Crippen molar-refractivity contribution in [2.24, 2.45) is 40.4 Å². The number of hydrogen-bond donors (Lipinski definition) is 1. The summed E-state index contributed by atoms with van der Waals surface area (Å²) < 4.78 is 0. The molecule has 1 spiro atoms. The van der Waals surface area contributed by atoms with Gasteiger partial charge in [0, 0.05) is 0 Å². The summed E-state index contributed by atoms with van der Waals surface area (Å²) in [6, 6.07) is 0. The maximum Gasteiger partial charge on any atom is 0.155 e. The van der Waals surface area contributed by atoms with Gasteiger partial charge in [-0.1, -0.05) is 13.0 Å². The molecule has 2 nitrogen and oxygen atoms in total. The Morgan fingerprint density at radius 3 is 2.69 bits per heavy atom. The SMILES string of the molecule is CC(=O)C1=CCC[C@@]23CCC4C(CC[C@H]5C[C@H](O)CC[C@]45C)C2CC[C@H]13. The van der Waals surface area contributed by atoms with Crippen LogP contribution >= 0.6 is 0 Å². The molecule has 4 fully saturated rings. The fraction of sp³-hybridized carbons (Fsp3) is 0.875. The Labute approximate surface area is 158 Å². The van der Waals surface area contributed by atoms with E-state index in [-0.39, 0.29) is 6.10 Å². The predicted octanol–water partition coefficient (Wildman–Crippen LogP) is 5.30. The lowest BCUT2D eigenvalue weighted by Gasteiger charge is -2.62. The van der Waals surface area contributed by atoms with Crippen molar-refractivity contribution < 1.29 is 9.90 Å². The minimum absolute atomic E-state index is 0.0444. The van der Waals surface area contributed by atoms with Crippen molar-refractivity contribution in [3.63, 3.8) is 0 Å². The van der Waals surface area contributed by atoms with Crippen molar-refractivity contribution in [1.29, 1.82) is 0 Å². The minimum Gasteiger partial charge on any atom is -0.393 e. The maximum atomic E-state index is 12.3. The molecule has 0 aromatic heterocycles. The summed E-state index contributed by atoms with van der Waals surface area (Å²) in [5, 5.41) is 10.2. The third-order valence-corrected chi connectivity index (χ3v) is 10.1. The van der Waals surface area contributed by atoms with Crippen molar-refractivity contribution in [1.82, 2.24) is 0 Å². The Morgan fingerprint density at radius 2 is 1.88 bits per heavy atom. The van der Waals surface area contributed by atoms with E-state index in [4.69, 9.17) is 0 Å². The first-order valence-corrected chi connectivity index (χ1v) is 11.3. The highest BCUT2D eigenvalue weighted by Crippen LogP contribution is 2.70. The fourth-order valence-electron chi connectivity index (χ4n) is 9.02. The quantitative estimate of drug-likeness (QED) is 0.692. The lowest BCUT2D eigenvalue weighted by atomic mass is 9.43. The van der Waals surface area contributed by atoms with Crippen LogP contribution in [-0.4, -0.2) is 17.0 Å². The standard InChI is InChI=1S/C24H36O2/c1-15(25)18-4-3-11-24-13-10-20-19(22(24)8-7-21(18)24)6-5-16-14-17(26)9-12-23(16,20)2/h4,16-17,19-22,26H,3,5-14H2,1-2H3/t16-,17+,19?,20?,21+,22?,23-,24-/m0/s1. The van der Waals surface area contributed by atoms with E-state index >= 15 is 0 Å². The number of Topliss-reactive ketones (excluding diaryl/α,β-unsaturated/α-hetero) is 1. The molecule has 1 N–H and O–H groups in total. The molecule has 0 aromatic carbocycles. The molecule has 5 aliphatic rings. The number of aliphatic hydroxyl groups excluding tert-OH is 1. The molecule has 0 aromatic rings. The molecule has 0 amide bonds. The Balaban J connectivity index is 1.46. The van der Waals surface area contributed by atoms with Gasteiger partial charge >= 0.3 is 0 Å². The molecular weight excluding hydrogens is 320 g/mol. The van der Waals surface area contributed by atoms with Crippen LogP contribution in [0.3, 0.4) is 0 Å². The molecule has 0 radical (unpaired) electrons. The third kappa shape index (κ3) is 2.23. The highest BCUT2D eigenvalue weighted by Gasteiger charge is 2.62. The van der Waals surface area contributed by atoms with Crippen molar-refractivity contribution >= 4 is 5.78 Å². The Kier molecular flexibility index (Phi) is 3.98. The number of fused-ring (bicyclic) bond motifs is 4. The zero-order chi connectivity index (χ0) is 18.1. The molecule has 0 bridgehead atoms. The summed E-state index contributed by atoms with van der Waals surface area (Å²) in [6.45, 7) is 4.37. The summed E-state index contributed by atoms with van der Waals surface area (Å²) in [5.74, 6) is 4.27. The van der Waals surface area contributed by atoms with Crippen LogP contribution in [0, 0.1) is 40.4 Å². The van der Waals surface area contributed by atoms with Crippen molar-refractivity contribution in [3.8, 4) is 0 Å². The van der Waals surface area contributed by atoms with Crippen molar-refractivity contribution in [2.75, 3.05) is 0 Å². The van der Waals surface area contributed by atoms with Crippen LogP contribution in [0.25, 0.3) is 0 Å². The Morgan fingerprint density at radius 1 is 1.04 bits per heavy atom. The van der Waals surface area contributed by atoms with Crippen molar-refractivity contribution in [2.45, 2.75) is 90.6 Å². The monoisotopic (exact) mass is 356 g/mol. The molecule has 0 aliphatic heterocycles. The molecule has 0 saturated heterocycles. The topological polar surface area (TPSA) is 37.3 Å². The van der Waals surface area contributed by atoms with Gasteiger partial charge in [0.05, 0.1) is 6.10 Å². The minimum atomic E-state index is -0.0444. The van der Waals surface area contributed by atoms with Gasteiger partial charge in [-0.15, -0.1) is 0 Å². The van der Waals surface area contributed by atoms with E-state index in [0.717, 1.165) is 42.9 Å². The molecule has 144 valence electrons. The maximum absolute atomic E-state index is 12.3. The molecule has 3 unspecified atom stereocenters. The smallest absolute Gasteiger partial charge is 0.155 e.